The summed E-state index contributed by atoms with van der Waals surface area (Å²) in [6, 6.07) is 7.03. The first kappa shape index (κ1) is 16.6. The van der Waals surface area contributed by atoms with Crippen molar-refractivity contribution < 1.29 is 17.9 Å². The standard InChI is InChI=1S/C14H15ClN2O4S2/c1-21-10-4-2-3-9(5-10)17-11-7-23(19,20)8-12(11)22-14(17)16-13(18)6-15/h2-5,11-12H,6-8H2,1H3/t11-,12+/m1/s1. The number of methoxy groups -OCH3 is 1. The van der Waals surface area contributed by atoms with Crippen LogP contribution in [0.2, 0.25) is 0 Å². The monoisotopic (exact) mass is 374 g/mol. The molecule has 124 valence electrons. The molecule has 0 spiro atoms. The maximum atomic E-state index is 11.9. The van der Waals surface area contributed by atoms with E-state index < -0.39 is 15.7 Å². The number of amides is 1. The number of nitrogens with zero attached hydrogens (tertiary/aromatic N) is 2. The van der Waals surface area contributed by atoms with E-state index in [-0.39, 0.29) is 28.7 Å². The van der Waals surface area contributed by atoms with Gasteiger partial charge in [0.2, 0.25) is 0 Å². The lowest BCUT2D eigenvalue weighted by atomic mass is 10.2. The third kappa shape index (κ3) is 3.34. The van der Waals surface area contributed by atoms with E-state index in [1.165, 1.54) is 11.8 Å². The molecule has 2 saturated heterocycles. The number of aliphatic imine (C=N–C) groups is 1. The van der Waals surface area contributed by atoms with Gasteiger partial charge in [0.1, 0.15) is 11.6 Å². The maximum Gasteiger partial charge on any atom is 0.262 e. The lowest BCUT2D eigenvalue weighted by Gasteiger charge is -2.24. The Hall–Kier alpha value is -1.25. The second kappa shape index (κ2) is 6.33. The van der Waals surface area contributed by atoms with E-state index in [9.17, 15) is 13.2 Å². The van der Waals surface area contributed by atoms with Crippen molar-refractivity contribution in [3.05, 3.63) is 24.3 Å². The van der Waals surface area contributed by atoms with Crippen LogP contribution >= 0.6 is 23.4 Å². The molecule has 2 aliphatic heterocycles. The van der Waals surface area contributed by atoms with Crippen molar-refractivity contribution in [2.45, 2.75) is 11.3 Å². The summed E-state index contributed by atoms with van der Waals surface area (Å²) in [7, 11) is -1.52. The van der Waals surface area contributed by atoms with E-state index in [4.69, 9.17) is 16.3 Å². The van der Waals surface area contributed by atoms with E-state index in [2.05, 4.69) is 4.99 Å². The van der Waals surface area contributed by atoms with Crippen molar-refractivity contribution in [1.29, 1.82) is 0 Å². The van der Waals surface area contributed by atoms with Gasteiger partial charge in [0.05, 0.1) is 24.7 Å². The Bertz CT molecular complexity index is 766. The highest BCUT2D eigenvalue weighted by Gasteiger charge is 2.49. The van der Waals surface area contributed by atoms with E-state index in [1.54, 1.807) is 19.2 Å². The molecule has 2 heterocycles. The lowest BCUT2D eigenvalue weighted by molar-refractivity contribution is -0.115. The quantitative estimate of drug-likeness (QED) is 0.747. The Morgan fingerprint density at radius 2 is 2.26 bits per heavy atom. The first-order valence-corrected chi connectivity index (χ1v) is 10.1. The van der Waals surface area contributed by atoms with E-state index >= 15 is 0 Å². The van der Waals surface area contributed by atoms with Crippen molar-refractivity contribution in [3.8, 4) is 5.75 Å². The van der Waals surface area contributed by atoms with Gasteiger partial charge in [-0.05, 0) is 12.1 Å². The van der Waals surface area contributed by atoms with Crippen molar-refractivity contribution in [2.24, 2.45) is 4.99 Å². The molecular formula is C14H15ClN2O4S2. The molecule has 0 aliphatic carbocycles. The Balaban J connectivity index is 2.02. The van der Waals surface area contributed by atoms with Crippen molar-refractivity contribution in [2.75, 3.05) is 29.4 Å². The molecule has 1 aromatic carbocycles. The molecule has 2 fully saturated rings. The number of carbonyl (C=O) groups excluding carboxylic acids is 1. The highest BCUT2D eigenvalue weighted by molar-refractivity contribution is 8.16. The first-order valence-electron chi connectivity index (χ1n) is 6.91. The number of anilines is 1. The molecule has 3 rings (SSSR count). The zero-order valence-corrected chi connectivity index (χ0v) is 14.7. The van der Waals surface area contributed by atoms with Crippen LogP contribution in [0.4, 0.5) is 5.69 Å². The van der Waals surface area contributed by atoms with Gasteiger partial charge in [0.15, 0.2) is 15.0 Å². The molecule has 1 amide bonds. The molecular weight excluding hydrogens is 360 g/mol. The molecule has 1 aromatic rings. The fourth-order valence-corrected chi connectivity index (χ4v) is 6.75. The highest BCUT2D eigenvalue weighted by atomic mass is 35.5. The number of alkyl halides is 1. The van der Waals surface area contributed by atoms with Crippen LogP contribution in [0.3, 0.4) is 0 Å². The van der Waals surface area contributed by atoms with Gasteiger partial charge in [-0.1, -0.05) is 17.8 Å². The van der Waals surface area contributed by atoms with Gasteiger partial charge in [-0.2, -0.15) is 4.99 Å². The van der Waals surface area contributed by atoms with Gasteiger partial charge in [-0.3, -0.25) is 4.79 Å². The minimum atomic E-state index is -3.08. The van der Waals surface area contributed by atoms with E-state index in [0.717, 1.165) is 5.69 Å². The molecule has 0 bridgehead atoms. The maximum absolute atomic E-state index is 11.9. The predicted octanol–water partition coefficient (Wildman–Crippen LogP) is 1.54. The molecule has 23 heavy (non-hydrogen) atoms. The number of carbonyl (C=O) groups is 1. The fraction of sp³-hybridized carbons (Fsp3) is 0.429. The number of benzene rings is 1. The third-order valence-corrected chi connectivity index (χ3v) is 7.17. The number of fused-ring (bicyclic) bond motifs is 1. The number of halogens is 1. The molecule has 9 heteroatoms. The second-order valence-electron chi connectivity index (χ2n) is 5.29. The molecule has 0 aromatic heterocycles. The number of ether oxygens (including phenoxy) is 1. The summed E-state index contributed by atoms with van der Waals surface area (Å²) in [5.74, 6) is 0.154. The van der Waals surface area contributed by atoms with Gasteiger partial charge >= 0.3 is 0 Å². The van der Waals surface area contributed by atoms with Crippen LogP contribution in [0.15, 0.2) is 29.3 Å². The summed E-state index contributed by atoms with van der Waals surface area (Å²) >= 11 is 6.86. The molecule has 0 saturated carbocycles. The normalized spacial score (nSPS) is 27.2. The fourth-order valence-electron chi connectivity index (χ4n) is 2.76. The Labute approximate surface area is 143 Å². The number of rotatable bonds is 3. The van der Waals surface area contributed by atoms with Crippen LogP contribution < -0.4 is 9.64 Å². The van der Waals surface area contributed by atoms with Crippen molar-refractivity contribution in [1.82, 2.24) is 0 Å². The zero-order valence-electron chi connectivity index (χ0n) is 12.3. The summed E-state index contributed by atoms with van der Waals surface area (Å²) in [4.78, 5) is 17.5. The lowest BCUT2D eigenvalue weighted by Crippen LogP contribution is -2.37. The van der Waals surface area contributed by atoms with Gasteiger partial charge in [-0.25, -0.2) is 8.42 Å². The summed E-state index contributed by atoms with van der Waals surface area (Å²) in [5, 5.41) is 0.363. The molecule has 2 aliphatic rings. The largest absolute Gasteiger partial charge is 0.497 e. The summed E-state index contributed by atoms with van der Waals surface area (Å²) in [6.45, 7) is 0. The van der Waals surface area contributed by atoms with Gasteiger partial charge in [0, 0.05) is 17.0 Å². The number of hydrogen-bond donors (Lipinski definition) is 0. The zero-order chi connectivity index (χ0) is 16.6. The van der Waals surface area contributed by atoms with Gasteiger partial charge in [-0.15, -0.1) is 11.6 Å². The van der Waals surface area contributed by atoms with Crippen LogP contribution in [0, 0.1) is 0 Å². The smallest absolute Gasteiger partial charge is 0.262 e. The average Bonchev–Trinajstić information content (AvgIpc) is 2.97. The van der Waals surface area contributed by atoms with Crippen molar-refractivity contribution in [3.63, 3.8) is 0 Å². The van der Waals surface area contributed by atoms with Gasteiger partial charge in [0.25, 0.3) is 5.91 Å². The van der Waals surface area contributed by atoms with Crippen LogP contribution in [0.5, 0.6) is 5.75 Å². The Morgan fingerprint density at radius 1 is 1.48 bits per heavy atom. The molecule has 6 nitrogen and oxygen atoms in total. The Kier molecular flexibility index (Phi) is 4.57. The van der Waals surface area contributed by atoms with Crippen LogP contribution in [-0.4, -0.2) is 55.3 Å². The number of sulfone groups is 1. The number of amidine groups is 1. The Morgan fingerprint density at radius 3 is 2.96 bits per heavy atom. The van der Waals surface area contributed by atoms with E-state index in [1.807, 2.05) is 17.0 Å². The summed E-state index contributed by atoms with van der Waals surface area (Å²) < 4.78 is 29.1. The average molecular weight is 375 g/mol. The summed E-state index contributed by atoms with van der Waals surface area (Å²) in [5.41, 5.74) is 0.752. The van der Waals surface area contributed by atoms with E-state index in [0.29, 0.717) is 10.9 Å². The molecule has 2 atom stereocenters. The van der Waals surface area contributed by atoms with Crippen LogP contribution in [0.25, 0.3) is 0 Å². The topological polar surface area (TPSA) is 76.0 Å². The SMILES string of the molecule is COc1cccc(N2C(=NC(=O)CCl)S[C@H]3CS(=O)(=O)C[C@H]32)c1. The van der Waals surface area contributed by atoms with Crippen LogP contribution in [-0.2, 0) is 14.6 Å². The molecule has 0 unspecified atom stereocenters. The molecule has 0 radical (unpaired) electrons. The molecule has 0 N–H and O–H groups in total. The minimum Gasteiger partial charge on any atom is -0.497 e. The van der Waals surface area contributed by atoms with Gasteiger partial charge < -0.3 is 9.64 Å². The minimum absolute atomic E-state index is 0.0515. The van der Waals surface area contributed by atoms with Crippen molar-refractivity contribution >= 4 is 50.0 Å². The second-order valence-corrected chi connectivity index (χ2v) is 8.92. The first-order chi connectivity index (χ1) is 10.9. The summed E-state index contributed by atoms with van der Waals surface area (Å²) in [6.07, 6.45) is 0. The number of thioether (sulfide) groups is 1. The number of hydrogen-bond acceptors (Lipinski definition) is 5. The third-order valence-electron chi connectivity index (χ3n) is 3.73. The van der Waals surface area contributed by atoms with Crippen LogP contribution in [0.1, 0.15) is 0 Å². The highest BCUT2D eigenvalue weighted by Crippen LogP contribution is 2.41. The predicted molar refractivity (Wildman–Crippen MR) is 92.5 cm³/mol.